The van der Waals surface area contributed by atoms with E-state index in [1.807, 2.05) is 24.3 Å². The Balaban J connectivity index is 1.80. The lowest BCUT2D eigenvalue weighted by Gasteiger charge is -2.24. The van der Waals surface area contributed by atoms with E-state index in [0.717, 1.165) is 41.2 Å². The number of fused-ring (bicyclic) bond motifs is 2. The third kappa shape index (κ3) is 2.46. The van der Waals surface area contributed by atoms with Crippen molar-refractivity contribution in [1.82, 2.24) is 19.4 Å². The van der Waals surface area contributed by atoms with E-state index in [9.17, 15) is 0 Å². The predicted molar refractivity (Wildman–Crippen MR) is 91.6 cm³/mol. The van der Waals surface area contributed by atoms with Gasteiger partial charge in [-0.2, -0.15) is 0 Å². The molecule has 0 spiro atoms. The number of para-hydroxylation sites is 2. The van der Waals surface area contributed by atoms with Crippen LogP contribution in [0.1, 0.15) is 25.1 Å². The summed E-state index contributed by atoms with van der Waals surface area (Å²) in [6, 6.07) is 8.03. The summed E-state index contributed by atoms with van der Waals surface area (Å²) in [4.78, 5) is 12.0. The van der Waals surface area contributed by atoms with Gasteiger partial charge in [-0.3, -0.25) is 0 Å². The summed E-state index contributed by atoms with van der Waals surface area (Å²) in [7, 11) is 4.11. The van der Waals surface area contributed by atoms with Gasteiger partial charge in [0.05, 0.1) is 14.1 Å². The van der Waals surface area contributed by atoms with Crippen molar-refractivity contribution >= 4 is 28.4 Å². The van der Waals surface area contributed by atoms with E-state index in [-0.39, 0.29) is 0 Å². The van der Waals surface area contributed by atoms with Gasteiger partial charge in [-0.25, -0.2) is 14.1 Å². The summed E-state index contributed by atoms with van der Waals surface area (Å²) in [6.07, 6.45) is 8.33. The molecule has 5 nitrogen and oxygen atoms in total. The van der Waals surface area contributed by atoms with E-state index in [2.05, 4.69) is 40.4 Å². The molecule has 0 saturated carbocycles. The first kappa shape index (κ1) is 14.2. The van der Waals surface area contributed by atoms with Crippen molar-refractivity contribution in [1.29, 1.82) is 0 Å². The summed E-state index contributed by atoms with van der Waals surface area (Å²) < 4.78 is 4.24. The summed E-state index contributed by atoms with van der Waals surface area (Å²) >= 11 is 0. The number of hydrogen-bond acceptors (Lipinski definition) is 3. The fourth-order valence-electron chi connectivity index (χ4n) is 3.34. The molecule has 0 radical (unpaired) electrons. The number of rotatable bonds is 2. The lowest BCUT2D eigenvalue weighted by Crippen LogP contribution is -2.32. The standard InChI is InChI=1S/C18H22N5/c1-21-16(10-13-23-11-6-3-7-12-23)22(2)18-17(21)19-14-8-4-5-9-15(14)20-18/h4-5,8-10,13H,3,6-7,11-12H2,1-2H3/q+1. The van der Waals surface area contributed by atoms with Crippen LogP contribution in [0.15, 0.2) is 30.5 Å². The minimum atomic E-state index is 0.921. The van der Waals surface area contributed by atoms with Crippen molar-refractivity contribution in [2.24, 2.45) is 14.1 Å². The number of piperidine rings is 1. The highest BCUT2D eigenvalue weighted by molar-refractivity contribution is 5.81. The molecule has 0 bridgehead atoms. The molecule has 118 valence electrons. The minimum absolute atomic E-state index is 0.921. The zero-order chi connectivity index (χ0) is 15.8. The Kier molecular flexibility index (Phi) is 3.48. The molecule has 0 atom stereocenters. The van der Waals surface area contributed by atoms with Crippen molar-refractivity contribution in [3.63, 3.8) is 0 Å². The molecule has 4 rings (SSSR count). The van der Waals surface area contributed by atoms with Crippen LogP contribution in [0.2, 0.25) is 0 Å². The molecule has 5 heteroatoms. The second-order valence-corrected chi connectivity index (χ2v) is 6.25. The highest BCUT2D eigenvalue weighted by Gasteiger charge is 2.21. The molecular weight excluding hydrogens is 286 g/mol. The van der Waals surface area contributed by atoms with Gasteiger partial charge in [0, 0.05) is 25.4 Å². The lowest BCUT2D eigenvalue weighted by atomic mass is 10.1. The molecule has 3 heterocycles. The van der Waals surface area contributed by atoms with Crippen LogP contribution in [0.4, 0.5) is 0 Å². The summed E-state index contributed by atoms with van der Waals surface area (Å²) in [5.74, 6) is 1.11. The van der Waals surface area contributed by atoms with Crippen LogP contribution >= 0.6 is 0 Å². The third-order valence-electron chi connectivity index (χ3n) is 4.68. The summed E-state index contributed by atoms with van der Waals surface area (Å²) in [6.45, 7) is 2.31. The molecule has 1 saturated heterocycles. The monoisotopic (exact) mass is 308 g/mol. The maximum atomic E-state index is 4.79. The Bertz CT molecular complexity index is 829. The van der Waals surface area contributed by atoms with Crippen LogP contribution in [-0.2, 0) is 14.1 Å². The van der Waals surface area contributed by atoms with E-state index in [1.54, 1.807) is 0 Å². The van der Waals surface area contributed by atoms with Gasteiger partial charge in [0.2, 0.25) is 5.82 Å². The first-order chi connectivity index (χ1) is 11.2. The van der Waals surface area contributed by atoms with E-state index < -0.39 is 0 Å². The highest BCUT2D eigenvalue weighted by atomic mass is 15.2. The summed E-state index contributed by atoms with van der Waals surface area (Å²) in [5.41, 5.74) is 3.72. The van der Waals surface area contributed by atoms with E-state index in [1.165, 1.54) is 19.3 Å². The maximum absolute atomic E-state index is 4.79. The molecule has 3 aromatic rings. The van der Waals surface area contributed by atoms with Gasteiger partial charge in [0.1, 0.15) is 5.52 Å². The number of likely N-dealkylation sites (tertiary alicyclic amines) is 1. The number of aromatic nitrogens is 4. The van der Waals surface area contributed by atoms with Gasteiger partial charge in [0.15, 0.2) is 5.52 Å². The Hall–Kier alpha value is -2.43. The van der Waals surface area contributed by atoms with Crippen LogP contribution in [0, 0.1) is 0 Å². The SMILES string of the molecule is Cn1c(C=CN2CCCCC2)[n+](C)c2nc3ccccc3nc21. The Morgan fingerprint density at radius 2 is 1.74 bits per heavy atom. The van der Waals surface area contributed by atoms with Crippen LogP contribution in [0.25, 0.3) is 28.4 Å². The average molecular weight is 308 g/mol. The van der Waals surface area contributed by atoms with Gasteiger partial charge in [-0.05, 0) is 31.4 Å². The molecular formula is C18H22N5+. The van der Waals surface area contributed by atoms with E-state index in [0.29, 0.717) is 0 Å². The number of hydrogen-bond donors (Lipinski definition) is 0. The van der Waals surface area contributed by atoms with Crippen LogP contribution in [0.3, 0.4) is 0 Å². The number of nitrogens with zero attached hydrogens (tertiary/aromatic N) is 5. The first-order valence-corrected chi connectivity index (χ1v) is 8.27. The van der Waals surface area contributed by atoms with Gasteiger partial charge in [-0.1, -0.05) is 17.1 Å². The number of imidazole rings is 1. The van der Waals surface area contributed by atoms with Gasteiger partial charge >= 0.3 is 5.65 Å². The second kappa shape index (κ2) is 5.65. The molecule has 0 aliphatic carbocycles. The predicted octanol–water partition coefficient (Wildman–Crippen LogP) is 2.40. The normalized spacial score (nSPS) is 16.0. The molecule has 0 amide bonds. The van der Waals surface area contributed by atoms with Gasteiger partial charge in [0.25, 0.3) is 5.65 Å². The van der Waals surface area contributed by atoms with E-state index >= 15 is 0 Å². The first-order valence-electron chi connectivity index (χ1n) is 8.27. The molecule has 0 N–H and O–H groups in total. The molecule has 1 aliphatic heterocycles. The van der Waals surface area contributed by atoms with Crippen molar-refractivity contribution in [3.8, 4) is 0 Å². The van der Waals surface area contributed by atoms with Crippen molar-refractivity contribution < 1.29 is 4.57 Å². The number of aryl methyl sites for hydroxylation is 2. The largest absolute Gasteiger partial charge is 0.377 e. The fraction of sp³-hybridized carbons (Fsp3) is 0.389. The average Bonchev–Trinajstić information content (AvgIpc) is 2.83. The Morgan fingerprint density at radius 1 is 1.04 bits per heavy atom. The Labute approximate surface area is 135 Å². The number of benzene rings is 1. The molecule has 1 fully saturated rings. The van der Waals surface area contributed by atoms with Gasteiger partial charge in [-0.15, -0.1) is 0 Å². The summed E-state index contributed by atoms with van der Waals surface area (Å²) in [5, 5.41) is 0. The molecule has 2 aromatic heterocycles. The van der Waals surface area contributed by atoms with E-state index in [4.69, 9.17) is 9.97 Å². The smallest absolute Gasteiger partial charge is 0.322 e. The van der Waals surface area contributed by atoms with Crippen LogP contribution in [-0.4, -0.2) is 32.5 Å². The molecule has 0 unspecified atom stereocenters. The quantitative estimate of drug-likeness (QED) is 0.682. The third-order valence-corrected chi connectivity index (χ3v) is 4.68. The molecule has 1 aliphatic rings. The molecule has 23 heavy (non-hydrogen) atoms. The maximum Gasteiger partial charge on any atom is 0.322 e. The van der Waals surface area contributed by atoms with Crippen LogP contribution in [0.5, 0.6) is 0 Å². The van der Waals surface area contributed by atoms with Crippen LogP contribution < -0.4 is 4.57 Å². The zero-order valence-electron chi connectivity index (χ0n) is 13.7. The lowest BCUT2D eigenvalue weighted by molar-refractivity contribution is -0.649. The fourth-order valence-corrected chi connectivity index (χ4v) is 3.34. The zero-order valence-corrected chi connectivity index (χ0v) is 13.7. The minimum Gasteiger partial charge on any atom is -0.377 e. The second-order valence-electron chi connectivity index (χ2n) is 6.25. The highest BCUT2D eigenvalue weighted by Crippen LogP contribution is 2.16. The topological polar surface area (TPSA) is 37.8 Å². The van der Waals surface area contributed by atoms with Crippen molar-refractivity contribution in [2.45, 2.75) is 19.3 Å². The van der Waals surface area contributed by atoms with Gasteiger partial charge < -0.3 is 4.90 Å². The molecule has 1 aromatic carbocycles. The van der Waals surface area contributed by atoms with Crippen molar-refractivity contribution in [2.75, 3.05) is 13.1 Å². The Morgan fingerprint density at radius 3 is 2.48 bits per heavy atom. The van der Waals surface area contributed by atoms with Crippen molar-refractivity contribution in [3.05, 3.63) is 36.3 Å².